The van der Waals surface area contributed by atoms with E-state index in [1.807, 2.05) is 32.0 Å². The Balaban J connectivity index is 2.14. The fourth-order valence-electron chi connectivity index (χ4n) is 2.01. The van der Waals surface area contributed by atoms with Crippen LogP contribution in [0.1, 0.15) is 30.7 Å². The number of hydrazone groups is 1. The Bertz CT molecular complexity index is 784. The molecule has 0 fully saturated rings. The molecule has 128 valence electrons. The minimum atomic E-state index is -0.181. The smallest absolute Gasteiger partial charge is 0.255 e. The van der Waals surface area contributed by atoms with Crippen molar-refractivity contribution in [2.24, 2.45) is 5.10 Å². The molecule has 0 unspecified atom stereocenters. The van der Waals surface area contributed by atoms with Gasteiger partial charge in [0.15, 0.2) is 11.5 Å². The normalized spacial score (nSPS) is 10.8. The van der Waals surface area contributed by atoms with Gasteiger partial charge in [0.05, 0.1) is 19.4 Å². The quantitative estimate of drug-likeness (QED) is 0.602. The number of aryl methyl sites for hydroxylation is 1. The van der Waals surface area contributed by atoms with Crippen molar-refractivity contribution in [2.75, 3.05) is 18.6 Å². The molecule has 0 saturated heterocycles. The lowest BCUT2D eigenvalue weighted by molar-refractivity contribution is 0.288. The lowest BCUT2D eigenvalue weighted by atomic mass is 10.2. The zero-order valence-electron chi connectivity index (χ0n) is 14.3. The van der Waals surface area contributed by atoms with Crippen LogP contribution >= 0.6 is 0 Å². The molecule has 24 heavy (non-hydrogen) atoms. The van der Waals surface area contributed by atoms with E-state index >= 15 is 0 Å². The first-order chi connectivity index (χ1) is 11.5. The van der Waals surface area contributed by atoms with Crippen molar-refractivity contribution >= 4 is 12.2 Å². The molecular formula is C17H22N4O3. The van der Waals surface area contributed by atoms with E-state index in [0.29, 0.717) is 41.9 Å². The number of hydrogen-bond donors (Lipinski definition) is 2. The van der Waals surface area contributed by atoms with Crippen molar-refractivity contribution in [1.29, 1.82) is 0 Å². The van der Waals surface area contributed by atoms with Crippen LogP contribution in [0.5, 0.6) is 11.5 Å². The Morgan fingerprint density at radius 2 is 1.92 bits per heavy atom. The minimum absolute atomic E-state index is 0.181. The van der Waals surface area contributed by atoms with E-state index in [9.17, 15) is 4.79 Å². The Hall–Kier alpha value is -2.83. The monoisotopic (exact) mass is 330 g/mol. The van der Waals surface area contributed by atoms with E-state index < -0.39 is 0 Å². The number of nitrogens with zero attached hydrogens (tertiary/aromatic N) is 2. The highest BCUT2D eigenvalue weighted by Gasteiger charge is 2.05. The zero-order chi connectivity index (χ0) is 17.5. The Morgan fingerprint density at radius 3 is 2.58 bits per heavy atom. The second-order valence-electron chi connectivity index (χ2n) is 5.07. The lowest BCUT2D eigenvalue weighted by Gasteiger charge is -2.11. The first-order valence-corrected chi connectivity index (χ1v) is 7.81. The van der Waals surface area contributed by atoms with Crippen LogP contribution in [-0.4, -0.2) is 29.4 Å². The van der Waals surface area contributed by atoms with Crippen molar-refractivity contribution in [3.63, 3.8) is 0 Å². The molecule has 2 N–H and O–H groups in total. The maximum Gasteiger partial charge on any atom is 0.255 e. The van der Waals surface area contributed by atoms with Gasteiger partial charge in [-0.2, -0.15) is 5.10 Å². The van der Waals surface area contributed by atoms with Crippen LogP contribution in [0.15, 0.2) is 28.1 Å². The number of aromatic nitrogens is 2. The largest absolute Gasteiger partial charge is 0.490 e. The van der Waals surface area contributed by atoms with Gasteiger partial charge in [-0.15, -0.1) is 0 Å². The van der Waals surface area contributed by atoms with E-state index in [0.717, 1.165) is 5.56 Å². The summed E-state index contributed by atoms with van der Waals surface area (Å²) in [6.07, 6.45) is 1.62. The van der Waals surface area contributed by atoms with Crippen LogP contribution in [0.4, 0.5) is 5.95 Å². The molecule has 0 saturated carbocycles. The van der Waals surface area contributed by atoms with Crippen molar-refractivity contribution in [2.45, 2.75) is 27.7 Å². The Labute approximate surface area is 140 Å². The molecule has 0 spiro atoms. The number of anilines is 1. The van der Waals surface area contributed by atoms with E-state index in [1.54, 1.807) is 20.1 Å². The van der Waals surface area contributed by atoms with Crippen molar-refractivity contribution < 1.29 is 9.47 Å². The number of benzene rings is 1. The van der Waals surface area contributed by atoms with Gasteiger partial charge in [0.25, 0.3) is 5.56 Å². The molecule has 0 atom stereocenters. The van der Waals surface area contributed by atoms with E-state index in [2.05, 4.69) is 20.5 Å². The van der Waals surface area contributed by atoms with Crippen LogP contribution in [0.2, 0.25) is 0 Å². The molecule has 7 heteroatoms. The predicted molar refractivity (Wildman–Crippen MR) is 94.3 cm³/mol. The van der Waals surface area contributed by atoms with Crippen molar-refractivity contribution in [3.05, 3.63) is 45.4 Å². The maximum atomic E-state index is 11.7. The summed E-state index contributed by atoms with van der Waals surface area (Å²) in [4.78, 5) is 18.5. The van der Waals surface area contributed by atoms with Gasteiger partial charge in [0.2, 0.25) is 5.95 Å². The summed E-state index contributed by atoms with van der Waals surface area (Å²) in [6.45, 7) is 8.46. The number of H-pyrrole nitrogens is 1. The summed E-state index contributed by atoms with van der Waals surface area (Å²) in [5, 5.41) is 4.10. The second-order valence-corrected chi connectivity index (χ2v) is 5.07. The van der Waals surface area contributed by atoms with E-state index in [1.165, 1.54) is 0 Å². The second kappa shape index (κ2) is 8.14. The van der Waals surface area contributed by atoms with Crippen LogP contribution in [0.3, 0.4) is 0 Å². The number of aromatic amines is 1. The van der Waals surface area contributed by atoms with Crippen LogP contribution in [-0.2, 0) is 0 Å². The van der Waals surface area contributed by atoms with Crippen molar-refractivity contribution in [1.82, 2.24) is 9.97 Å². The number of hydrogen-bond acceptors (Lipinski definition) is 6. The fourth-order valence-corrected chi connectivity index (χ4v) is 2.01. The van der Waals surface area contributed by atoms with Gasteiger partial charge in [-0.05, 0) is 51.5 Å². The zero-order valence-corrected chi connectivity index (χ0v) is 14.3. The lowest BCUT2D eigenvalue weighted by Crippen LogP contribution is -2.15. The summed E-state index contributed by atoms with van der Waals surface area (Å²) in [5.41, 5.74) is 4.64. The molecule has 0 aliphatic carbocycles. The average molecular weight is 330 g/mol. The summed E-state index contributed by atoms with van der Waals surface area (Å²) in [6, 6.07) is 5.55. The molecule has 0 radical (unpaired) electrons. The fraction of sp³-hybridized carbons (Fsp3) is 0.353. The SMILES string of the molecule is CCOc1ccc(/C=N\Nc2nc(C)c(C)c(=O)[nH]2)cc1OCC. The number of nitrogens with one attached hydrogen (secondary N) is 2. The van der Waals surface area contributed by atoms with Gasteiger partial charge >= 0.3 is 0 Å². The molecule has 1 aromatic heterocycles. The molecule has 2 rings (SSSR count). The van der Waals surface area contributed by atoms with Crippen LogP contribution in [0.25, 0.3) is 0 Å². The van der Waals surface area contributed by atoms with Crippen LogP contribution in [0, 0.1) is 13.8 Å². The third kappa shape index (κ3) is 4.34. The molecule has 2 aromatic rings. The van der Waals surface area contributed by atoms with Gasteiger partial charge in [0.1, 0.15) is 0 Å². The van der Waals surface area contributed by atoms with Crippen LogP contribution < -0.4 is 20.5 Å². The maximum absolute atomic E-state index is 11.7. The van der Waals surface area contributed by atoms with Gasteiger partial charge in [0, 0.05) is 11.3 Å². The van der Waals surface area contributed by atoms with E-state index in [4.69, 9.17) is 9.47 Å². The van der Waals surface area contributed by atoms with E-state index in [-0.39, 0.29) is 5.56 Å². The predicted octanol–water partition coefficient (Wildman–Crippen LogP) is 2.63. The summed E-state index contributed by atoms with van der Waals surface area (Å²) in [7, 11) is 0. The number of ether oxygens (including phenoxy) is 2. The van der Waals surface area contributed by atoms with Gasteiger partial charge in [-0.25, -0.2) is 10.4 Å². The molecule has 1 aromatic carbocycles. The van der Waals surface area contributed by atoms with Crippen molar-refractivity contribution in [3.8, 4) is 11.5 Å². The van der Waals surface area contributed by atoms with Gasteiger partial charge in [-0.1, -0.05) is 0 Å². The molecule has 0 amide bonds. The first kappa shape index (κ1) is 17.5. The number of rotatable bonds is 7. The molecule has 0 aliphatic heterocycles. The van der Waals surface area contributed by atoms with Gasteiger partial charge < -0.3 is 9.47 Å². The standard InChI is InChI=1S/C17H22N4O3/c1-5-23-14-8-7-13(9-15(14)24-6-2)10-18-21-17-19-12(4)11(3)16(22)20-17/h7-10H,5-6H2,1-4H3,(H2,19,20,21,22)/b18-10-. The molecule has 0 bridgehead atoms. The highest BCUT2D eigenvalue weighted by Crippen LogP contribution is 2.27. The highest BCUT2D eigenvalue weighted by atomic mass is 16.5. The molecule has 1 heterocycles. The summed E-state index contributed by atoms with van der Waals surface area (Å²) >= 11 is 0. The first-order valence-electron chi connectivity index (χ1n) is 7.81. The summed E-state index contributed by atoms with van der Waals surface area (Å²) in [5.74, 6) is 1.67. The summed E-state index contributed by atoms with van der Waals surface area (Å²) < 4.78 is 11.1. The molecule has 7 nitrogen and oxygen atoms in total. The third-order valence-corrected chi connectivity index (χ3v) is 3.35. The molecular weight excluding hydrogens is 308 g/mol. The highest BCUT2D eigenvalue weighted by molar-refractivity contribution is 5.81. The third-order valence-electron chi connectivity index (χ3n) is 3.35. The Kier molecular flexibility index (Phi) is 5.95. The molecule has 0 aliphatic rings. The van der Waals surface area contributed by atoms with Gasteiger partial charge in [-0.3, -0.25) is 9.78 Å². The average Bonchev–Trinajstić information content (AvgIpc) is 2.55. The minimum Gasteiger partial charge on any atom is -0.490 e. The topological polar surface area (TPSA) is 88.6 Å². The Morgan fingerprint density at radius 1 is 1.21 bits per heavy atom.